The maximum absolute atomic E-state index is 12.3. The smallest absolute Gasteiger partial charge is 0.363 e. The van der Waals surface area contributed by atoms with Gasteiger partial charge in [-0.05, 0) is 60.5 Å². The third-order valence-electron chi connectivity index (χ3n) is 4.81. The van der Waals surface area contributed by atoms with Crippen molar-refractivity contribution >= 4 is 35.2 Å². The van der Waals surface area contributed by atoms with Crippen LogP contribution in [0.5, 0.6) is 11.5 Å². The van der Waals surface area contributed by atoms with Gasteiger partial charge in [0.2, 0.25) is 5.90 Å². The molecule has 0 saturated heterocycles. The average molecular weight is 479 g/mol. The zero-order chi connectivity index (χ0) is 24.1. The summed E-state index contributed by atoms with van der Waals surface area (Å²) in [4.78, 5) is 27.0. The summed E-state index contributed by atoms with van der Waals surface area (Å²) < 4.78 is 16.8. The van der Waals surface area contributed by atoms with E-state index in [9.17, 15) is 14.9 Å². The number of hydrogen-bond donors (Lipinski definition) is 0. The molecule has 0 saturated carbocycles. The first-order valence-electron chi connectivity index (χ1n) is 10.3. The van der Waals surface area contributed by atoms with Crippen LogP contribution in [-0.4, -0.2) is 23.4 Å². The number of nitro benzene ring substituents is 1. The van der Waals surface area contributed by atoms with Crippen molar-refractivity contribution < 1.29 is 23.9 Å². The third-order valence-corrected chi connectivity index (χ3v) is 5.09. The molecule has 0 bridgehead atoms. The van der Waals surface area contributed by atoms with Gasteiger partial charge in [0.1, 0.15) is 6.61 Å². The number of esters is 1. The Kier molecular flexibility index (Phi) is 6.89. The van der Waals surface area contributed by atoms with Crippen molar-refractivity contribution in [2.75, 3.05) is 6.61 Å². The van der Waals surface area contributed by atoms with Crippen LogP contribution in [0.15, 0.2) is 77.4 Å². The molecule has 34 heavy (non-hydrogen) atoms. The molecule has 1 heterocycles. The number of cyclic esters (lactones) is 1. The minimum atomic E-state index is -0.563. The van der Waals surface area contributed by atoms with Crippen LogP contribution in [0.1, 0.15) is 23.6 Å². The van der Waals surface area contributed by atoms with Gasteiger partial charge in [0, 0.05) is 17.7 Å². The number of non-ortho nitro benzene ring substituents is 1. The van der Waals surface area contributed by atoms with Gasteiger partial charge in [-0.2, -0.15) is 0 Å². The molecule has 0 aromatic heterocycles. The number of carbonyl (C=O) groups excluding carboxylic acids is 1. The van der Waals surface area contributed by atoms with Crippen molar-refractivity contribution in [2.45, 2.75) is 13.5 Å². The molecule has 0 aliphatic carbocycles. The number of ether oxygens (including phenoxy) is 3. The second kappa shape index (κ2) is 10.2. The lowest BCUT2D eigenvalue weighted by Gasteiger charge is -2.14. The minimum Gasteiger partial charge on any atom is -0.490 e. The predicted molar refractivity (Wildman–Crippen MR) is 127 cm³/mol. The summed E-state index contributed by atoms with van der Waals surface area (Å²) >= 11 is 6.47. The van der Waals surface area contributed by atoms with E-state index in [-0.39, 0.29) is 28.9 Å². The van der Waals surface area contributed by atoms with Gasteiger partial charge < -0.3 is 14.2 Å². The molecule has 0 N–H and O–H groups in total. The molecule has 3 aromatic rings. The standard InChI is InChI=1S/C25H19ClN2O6/c1-2-32-22-14-17(13-21-25(29)34-24(27-21)18-6-4-3-5-7-18)12-20(26)23(22)33-15-16-8-10-19(11-9-16)28(30)31/h3-14H,2,15H2,1H3/b21-13+. The number of carbonyl (C=O) groups is 1. The molecule has 4 rings (SSSR count). The molecule has 1 aliphatic rings. The van der Waals surface area contributed by atoms with Gasteiger partial charge in [0.05, 0.1) is 16.6 Å². The topological polar surface area (TPSA) is 100 Å². The van der Waals surface area contributed by atoms with Crippen LogP contribution in [0.3, 0.4) is 0 Å². The highest BCUT2D eigenvalue weighted by molar-refractivity contribution is 6.32. The molecule has 1 aliphatic heterocycles. The number of nitro groups is 1. The highest BCUT2D eigenvalue weighted by atomic mass is 35.5. The van der Waals surface area contributed by atoms with Gasteiger partial charge in [0.15, 0.2) is 17.2 Å². The second-order valence-corrected chi connectivity index (χ2v) is 7.58. The monoisotopic (exact) mass is 478 g/mol. The molecular formula is C25H19ClN2O6. The summed E-state index contributed by atoms with van der Waals surface area (Å²) in [5, 5.41) is 11.1. The number of hydrogen-bond acceptors (Lipinski definition) is 7. The van der Waals surface area contributed by atoms with Crippen LogP contribution in [0.4, 0.5) is 5.69 Å². The Morgan fingerprint density at radius 2 is 1.82 bits per heavy atom. The van der Waals surface area contributed by atoms with Crippen molar-refractivity contribution in [3.05, 3.63) is 104 Å². The third kappa shape index (κ3) is 5.24. The maximum atomic E-state index is 12.3. The Labute approximate surface area is 200 Å². The summed E-state index contributed by atoms with van der Waals surface area (Å²) in [6.45, 7) is 2.32. The van der Waals surface area contributed by atoms with Gasteiger partial charge >= 0.3 is 5.97 Å². The lowest BCUT2D eigenvalue weighted by Crippen LogP contribution is -2.05. The lowest BCUT2D eigenvalue weighted by molar-refractivity contribution is -0.384. The number of rotatable bonds is 8. The van der Waals surface area contributed by atoms with Gasteiger partial charge in [0.25, 0.3) is 5.69 Å². The molecule has 0 unspecified atom stereocenters. The van der Waals surface area contributed by atoms with E-state index in [1.165, 1.54) is 12.1 Å². The van der Waals surface area contributed by atoms with Gasteiger partial charge in [-0.25, -0.2) is 9.79 Å². The van der Waals surface area contributed by atoms with E-state index < -0.39 is 10.9 Å². The van der Waals surface area contributed by atoms with Crippen LogP contribution in [0.25, 0.3) is 6.08 Å². The van der Waals surface area contributed by atoms with Gasteiger partial charge in [-0.1, -0.05) is 29.8 Å². The zero-order valence-corrected chi connectivity index (χ0v) is 18.8. The van der Waals surface area contributed by atoms with Crippen molar-refractivity contribution in [1.82, 2.24) is 0 Å². The van der Waals surface area contributed by atoms with E-state index in [0.717, 1.165) is 5.56 Å². The fraction of sp³-hybridized carbons (Fsp3) is 0.120. The molecule has 3 aromatic carbocycles. The number of halogens is 1. The van der Waals surface area contributed by atoms with E-state index in [1.54, 1.807) is 42.5 Å². The Hall–Kier alpha value is -4.17. The minimum absolute atomic E-state index is 0.00213. The summed E-state index contributed by atoms with van der Waals surface area (Å²) in [5.41, 5.74) is 2.14. The van der Waals surface area contributed by atoms with Crippen molar-refractivity contribution in [1.29, 1.82) is 0 Å². The number of benzene rings is 3. The summed E-state index contributed by atoms with van der Waals surface area (Å²) in [6.07, 6.45) is 1.56. The van der Waals surface area contributed by atoms with Crippen LogP contribution in [0, 0.1) is 10.1 Å². The average Bonchev–Trinajstić information content (AvgIpc) is 3.19. The molecule has 0 spiro atoms. The molecular weight excluding hydrogens is 460 g/mol. The normalized spacial score (nSPS) is 14.0. The SMILES string of the molecule is CCOc1cc(/C=C2/N=C(c3ccccc3)OC2=O)cc(Cl)c1OCc1ccc([N+](=O)[O-])cc1. The number of aliphatic imine (C=N–C) groups is 1. The highest BCUT2D eigenvalue weighted by Gasteiger charge is 2.24. The van der Waals surface area contributed by atoms with Gasteiger partial charge in [-0.15, -0.1) is 0 Å². The van der Waals surface area contributed by atoms with E-state index >= 15 is 0 Å². The van der Waals surface area contributed by atoms with E-state index in [1.807, 2.05) is 25.1 Å². The molecule has 0 amide bonds. The van der Waals surface area contributed by atoms with E-state index in [2.05, 4.69) is 4.99 Å². The quantitative estimate of drug-likeness (QED) is 0.181. The Balaban J connectivity index is 1.57. The first-order valence-corrected chi connectivity index (χ1v) is 10.7. The highest BCUT2D eigenvalue weighted by Crippen LogP contribution is 2.38. The Morgan fingerprint density at radius 1 is 1.09 bits per heavy atom. The van der Waals surface area contributed by atoms with Crippen LogP contribution < -0.4 is 9.47 Å². The summed E-state index contributed by atoms with van der Waals surface area (Å²) in [6, 6.07) is 18.5. The Morgan fingerprint density at radius 3 is 2.50 bits per heavy atom. The van der Waals surface area contributed by atoms with Crippen LogP contribution in [0.2, 0.25) is 5.02 Å². The van der Waals surface area contributed by atoms with E-state index in [4.69, 9.17) is 25.8 Å². The number of nitrogens with zero attached hydrogens (tertiary/aromatic N) is 2. The maximum Gasteiger partial charge on any atom is 0.363 e. The van der Waals surface area contributed by atoms with Crippen molar-refractivity contribution in [3.63, 3.8) is 0 Å². The predicted octanol–water partition coefficient (Wildman–Crippen LogP) is 5.57. The van der Waals surface area contributed by atoms with E-state index in [0.29, 0.717) is 29.2 Å². The van der Waals surface area contributed by atoms with Crippen molar-refractivity contribution in [3.8, 4) is 11.5 Å². The molecule has 8 nitrogen and oxygen atoms in total. The molecule has 9 heteroatoms. The summed E-state index contributed by atoms with van der Waals surface area (Å²) in [5.74, 6) is 0.386. The lowest BCUT2D eigenvalue weighted by atomic mass is 10.1. The van der Waals surface area contributed by atoms with Crippen LogP contribution in [-0.2, 0) is 16.1 Å². The fourth-order valence-corrected chi connectivity index (χ4v) is 3.49. The van der Waals surface area contributed by atoms with Crippen molar-refractivity contribution in [2.24, 2.45) is 4.99 Å². The fourth-order valence-electron chi connectivity index (χ4n) is 3.21. The molecule has 172 valence electrons. The zero-order valence-electron chi connectivity index (χ0n) is 18.1. The molecule has 0 atom stereocenters. The summed E-state index contributed by atoms with van der Waals surface area (Å²) in [7, 11) is 0. The first kappa shape index (κ1) is 23.0. The van der Waals surface area contributed by atoms with Gasteiger partial charge in [-0.3, -0.25) is 10.1 Å². The molecule has 0 fully saturated rings. The first-order chi connectivity index (χ1) is 16.4. The Bertz CT molecular complexity index is 1290. The molecule has 0 radical (unpaired) electrons. The largest absolute Gasteiger partial charge is 0.490 e. The second-order valence-electron chi connectivity index (χ2n) is 7.18. The van der Waals surface area contributed by atoms with Crippen LogP contribution >= 0.6 is 11.6 Å².